The minimum Gasteiger partial charge on any atom is -0.394 e. The second-order valence-electron chi connectivity index (χ2n) is 11.1. The first-order valence-corrected chi connectivity index (χ1v) is 14.0. The molecule has 4 rings (SSSR count). The molecule has 1 saturated carbocycles. The Bertz CT molecular complexity index is 727. The van der Waals surface area contributed by atoms with Gasteiger partial charge in [-0.25, -0.2) is 0 Å². The van der Waals surface area contributed by atoms with Crippen LogP contribution in [-0.4, -0.2) is 110 Å². The Morgan fingerprint density at radius 3 is 2.35 bits per heavy atom. The number of hydrogen-bond donors (Lipinski definition) is 1. The van der Waals surface area contributed by atoms with E-state index in [1.807, 2.05) is 4.90 Å². The smallest absolute Gasteiger partial charge is 0.270 e. The Hall–Kier alpha value is -1.44. The fourth-order valence-corrected chi connectivity index (χ4v) is 6.20. The van der Waals surface area contributed by atoms with Crippen LogP contribution < -0.4 is 5.73 Å². The summed E-state index contributed by atoms with van der Waals surface area (Å²) in [6.07, 6.45) is 10.00. The quantitative estimate of drug-likeness (QED) is 0.602. The van der Waals surface area contributed by atoms with Crippen LogP contribution in [0.5, 0.6) is 0 Å². The molecule has 3 heterocycles. The molecule has 3 saturated heterocycles. The summed E-state index contributed by atoms with van der Waals surface area (Å²) in [5.74, 6) is 0.871. The van der Waals surface area contributed by atoms with Gasteiger partial charge in [0, 0.05) is 69.7 Å². The van der Waals surface area contributed by atoms with E-state index in [1.165, 1.54) is 65.1 Å². The van der Waals surface area contributed by atoms with Crippen molar-refractivity contribution in [2.45, 2.75) is 70.8 Å². The maximum atomic E-state index is 13.2. The van der Waals surface area contributed by atoms with E-state index in [1.54, 1.807) is 0 Å². The van der Waals surface area contributed by atoms with E-state index in [4.69, 9.17) is 10.7 Å². The van der Waals surface area contributed by atoms with E-state index in [0.29, 0.717) is 11.7 Å². The molecule has 34 heavy (non-hydrogen) atoms. The number of aliphatic imine (C=N–C) groups is 1. The third-order valence-electron chi connectivity index (χ3n) is 8.51. The molecule has 4 fully saturated rings. The number of likely N-dealkylation sites (N-methyl/N-ethyl adjacent to an activating group) is 1. The lowest BCUT2D eigenvalue weighted by molar-refractivity contribution is -0.128. The largest absolute Gasteiger partial charge is 0.394 e. The molecule has 0 aromatic heterocycles. The predicted octanol–water partition coefficient (Wildman–Crippen LogP) is 2.57. The van der Waals surface area contributed by atoms with E-state index < -0.39 is 0 Å². The van der Waals surface area contributed by atoms with Crippen molar-refractivity contribution in [2.75, 3.05) is 72.5 Å². The minimum absolute atomic E-state index is 0.0467. The molecule has 192 valence electrons. The molecule has 0 aromatic rings. The molecule has 1 atom stereocenters. The fourth-order valence-electron chi connectivity index (χ4n) is 6.20. The Balaban J connectivity index is 1.36. The third-order valence-corrected chi connectivity index (χ3v) is 8.51. The molecule has 0 spiro atoms. The highest BCUT2D eigenvalue weighted by molar-refractivity contribution is 6.08. The highest BCUT2D eigenvalue weighted by atomic mass is 16.2. The van der Waals surface area contributed by atoms with Crippen molar-refractivity contribution in [3.8, 4) is 0 Å². The summed E-state index contributed by atoms with van der Waals surface area (Å²) in [6.45, 7) is 13.1. The first-order valence-electron chi connectivity index (χ1n) is 14.0. The van der Waals surface area contributed by atoms with Crippen LogP contribution in [0.1, 0.15) is 64.7 Å². The van der Waals surface area contributed by atoms with Gasteiger partial charge in [0.05, 0.1) is 0 Å². The molecule has 1 unspecified atom stereocenters. The minimum atomic E-state index is 0.0467. The topological polar surface area (TPSA) is 68.4 Å². The van der Waals surface area contributed by atoms with Gasteiger partial charge in [0.15, 0.2) is 0 Å². The summed E-state index contributed by atoms with van der Waals surface area (Å²) in [5, 5.41) is 0. The molecule has 0 bridgehead atoms. The molecule has 1 amide bonds. The Morgan fingerprint density at radius 2 is 1.68 bits per heavy atom. The van der Waals surface area contributed by atoms with Gasteiger partial charge in [0.1, 0.15) is 5.70 Å². The molecule has 4 aliphatic rings. The summed E-state index contributed by atoms with van der Waals surface area (Å²) < 4.78 is 0. The number of nitrogens with zero attached hydrogens (tertiary/aromatic N) is 5. The first-order chi connectivity index (χ1) is 16.5. The summed E-state index contributed by atoms with van der Waals surface area (Å²) in [6, 6.07) is 0.493. The zero-order valence-corrected chi connectivity index (χ0v) is 21.8. The lowest BCUT2D eigenvalue weighted by Gasteiger charge is -2.42. The number of rotatable bonds is 6. The number of piperidine rings is 2. The zero-order valence-electron chi connectivity index (χ0n) is 21.8. The number of carbonyl (C=O) groups is 1. The van der Waals surface area contributed by atoms with E-state index >= 15 is 0 Å². The van der Waals surface area contributed by atoms with Crippen LogP contribution >= 0.6 is 0 Å². The standard InChI is InChI=1S/C27H48N6O/c1-3-11-29-25-8-7-23(20-24(25)26(28)27(34)33-12-5-4-6-13-33)32-14-9-22(10-15-32)21-31-18-16-30(2)17-19-31/h22-23H,3-21,28H2,1-2H3/b26-24-,29-25?. The highest BCUT2D eigenvalue weighted by Crippen LogP contribution is 2.31. The maximum Gasteiger partial charge on any atom is 0.270 e. The van der Waals surface area contributed by atoms with Crippen LogP contribution in [0.4, 0.5) is 0 Å². The van der Waals surface area contributed by atoms with Crippen LogP contribution in [0.2, 0.25) is 0 Å². The molecule has 1 aliphatic carbocycles. The van der Waals surface area contributed by atoms with Crippen LogP contribution in [0.25, 0.3) is 0 Å². The van der Waals surface area contributed by atoms with Crippen molar-refractivity contribution in [1.29, 1.82) is 0 Å². The lowest BCUT2D eigenvalue weighted by Crippen LogP contribution is -2.49. The van der Waals surface area contributed by atoms with Crippen LogP contribution in [-0.2, 0) is 4.79 Å². The number of amides is 1. The first kappa shape index (κ1) is 25.6. The molecule has 0 aromatic carbocycles. The number of likely N-dealkylation sites (tertiary alicyclic amines) is 2. The number of nitrogens with two attached hydrogens (primary N) is 1. The second kappa shape index (κ2) is 12.5. The molecule has 7 heteroatoms. The number of hydrogen-bond acceptors (Lipinski definition) is 6. The van der Waals surface area contributed by atoms with Crippen LogP contribution in [0.15, 0.2) is 16.3 Å². The summed E-state index contributed by atoms with van der Waals surface area (Å²) in [5.41, 5.74) is 9.23. The van der Waals surface area contributed by atoms with Crippen molar-refractivity contribution in [3.05, 3.63) is 11.3 Å². The number of carbonyl (C=O) groups excluding carboxylic acids is 1. The van der Waals surface area contributed by atoms with Crippen LogP contribution in [0, 0.1) is 5.92 Å². The monoisotopic (exact) mass is 472 g/mol. The molecule has 7 nitrogen and oxygen atoms in total. The molecule has 3 aliphatic heterocycles. The predicted molar refractivity (Wildman–Crippen MR) is 140 cm³/mol. The second-order valence-corrected chi connectivity index (χ2v) is 11.1. The van der Waals surface area contributed by atoms with Gasteiger partial charge in [-0.3, -0.25) is 9.79 Å². The zero-order chi connectivity index (χ0) is 23.9. The fraction of sp³-hybridized carbons (Fsp3) is 0.852. The van der Waals surface area contributed by atoms with Gasteiger partial charge >= 0.3 is 0 Å². The van der Waals surface area contributed by atoms with Crippen molar-refractivity contribution in [1.82, 2.24) is 19.6 Å². The van der Waals surface area contributed by atoms with E-state index in [0.717, 1.165) is 75.4 Å². The van der Waals surface area contributed by atoms with Crippen molar-refractivity contribution < 1.29 is 4.79 Å². The van der Waals surface area contributed by atoms with Crippen molar-refractivity contribution in [3.63, 3.8) is 0 Å². The van der Waals surface area contributed by atoms with Gasteiger partial charge < -0.3 is 25.3 Å². The SMILES string of the molecule is CCCN=C1CCC(N2CCC(CN3CCN(C)CC3)CC2)C/C1=C(/N)C(=O)N1CCCCC1. The average molecular weight is 473 g/mol. The Kier molecular flexibility index (Phi) is 9.43. The maximum absolute atomic E-state index is 13.2. The lowest BCUT2D eigenvalue weighted by atomic mass is 9.84. The Labute approximate surface area is 207 Å². The molecule has 0 radical (unpaired) electrons. The van der Waals surface area contributed by atoms with Gasteiger partial charge in [0.2, 0.25) is 0 Å². The van der Waals surface area contributed by atoms with Crippen LogP contribution in [0.3, 0.4) is 0 Å². The van der Waals surface area contributed by atoms with Gasteiger partial charge in [-0.15, -0.1) is 0 Å². The summed E-state index contributed by atoms with van der Waals surface area (Å²) in [4.78, 5) is 27.9. The molecular weight excluding hydrogens is 424 g/mol. The highest BCUT2D eigenvalue weighted by Gasteiger charge is 2.33. The Morgan fingerprint density at radius 1 is 0.971 bits per heavy atom. The van der Waals surface area contributed by atoms with Gasteiger partial charge in [-0.1, -0.05) is 6.92 Å². The summed E-state index contributed by atoms with van der Waals surface area (Å²) >= 11 is 0. The average Bonchev–Trinajstić information content (AvgIpc) is 2.89. The van der Waals surface area contributed by atoms with E-state index in [2.05, 4.69) is 28.7 Å². The van der Waals surface area contributed by atoms with Crippen molar-refractivity contribution in [2.24, 2.45) is 16.6 Å². The van der Waals surface area contributed by atoms with Gasteiger partial charge in [0.25, 0.3) is 5.91 Å². The molecular formula is C27H48N6O. The number of piperazine rings is 1. The van der Waals surface area contributed by atoms with E-state index in [-0.39, 0.29) is 5.91 Å². The van der Waals surface area contributed by atoms with E-state index in [9.17, 15) is 4.79 Å². The van der Waals surface area contributed by atoms with Gasteiger partial charge in [-0.05, 0) is 83.8 Å². The normalized spacial score (nSPS) is 29.5. The van der Waals surface area contributed by atoms with Gasteiger partial charge in [-0.2, -0.15) is 0 Å². The van der Waals surface area contributed by atoms with Crippen molar-refractivity contribution >= 4 is 11.6 Å². The molecule has 2 N–H and O–H groups in total. The third kappa shape index (κ3) is 6.61. The summed E-state index contributed by atoms with van der Waals surface area (Å²) in [7, 11) is 2.23.